The Kier molecular flexibility index (Phi) is 10.6. The smallest absolute Gasteiger partial charge is 0.118 e. The Morgan fingerprint density at radius 1 is 0.429 bits per heavy atom. The molecule has 1 saturated carbocycles. The zero-order valence-electron chi connectivity index (χ0n) is 24.0. The molecule has 1 aliphatic carbocycles. The van der Waals surface area contributed by atoms with Gasteiger partial charge >= 0.3 is 0 Å². The molecule has 220 valence electrons. The van der Waals surface area contributed by atoms with Crippen molar-refractivity contribution in [3.05, 3.63) is 131 Å². The molecular weight excluding hydrogens is 532 g/mol. The lowest BCUT2D eigenvalue weighted by atomic mass is 10.2. The number of hydrogen-bond donors (Lipinski definition) is 1. The molecule has 7 heteroatoms. The molecule has 0 radical (unpaired) electrons. The molecule has 0 unspecified atom stereocenters. The quantitative estimate of drug-likeness (QED) is 0.208. The van der Waals surface area contributed by atoms with Crippen molar-refractivity contribution in [2.24, 2.45) is 0 Å². The molecule has 0 spiro atoms. The molecule has 4 aromatic carbocycles. The summed E-state index contributed by atoms with van der Waals surface area (Å²) in [7, 11) is 3.28. The molecule has 0 bridgehead atoms. The molecule has 0 amide bonds. The average Bonchev–Trinajstić information content (AvgIpc) is 3.30. The lowest BCUT2D eigenvalue weighted by Gasteiger charge is -2.27. The maximum Gasteiger partial charge on any atom is 0.118 e. The third kappa shape index (κ3) is 7.76. The van der Waals surface area contributed by atoms with Crippen molar-refractivity contribution in [3.8, 4) is 11.5 Å². The lowest BCUT2D eigenvalue weighted by molar-refractivity contribution is -0.141. The van der Waals surface area contributed by atoms with Crippen molar-refractivity contribution in [1.82, 2.24) is 0 Å². The Labute approximate surface area is 247 Å². The SMILES string of the molecule is COc1ccc(CO[C@H]2[C@H](OCc3ccc(OC)cc3)[C@@H](OCc3ccccc3)C(O)[C@@H]2OCc2ccccc2)cc1. The highest BCUT2D eigenvalue weighted by Crippen LogP contribution is 2.34. The third-order valence-corrected chi connectivity index (χ3v) is 7.42. The normalized spacial score (nSPS) is 20.5. The Bertz CT molecular complexity index is 1220. The van der Waals surface area contributed by atoms with Crippen molar-refractivity contribution in [2.75, 3.05) is 14.2 Å². The topological polar surface area (TPSA) is 75.6 Å². The van der Waals surface area contributed by atoms with Crippen molar-refractivity contribution in [3.63, 3.8) is 0 Å². The summed E-state index contributed by atoms with van der Waals surface area (Å²) >= 11 is 0. The van der Waals surface area contributed by atoms with Crippen LogP contribution in [-0.2, 0) is 45.4 Å². The van der Waals surface area contributed by atoms with Gasteiger partial charge in [0.05, 0.1) is 40.6 Å². The molecule has 1 fully saturated rings. The summed E-state index contributed by atoms with van der Waals surface area (Å²) in [5.41, 5.74) is 3.94. The monoisotopic (exact) mass is 570 g/mol. The minimum Gasteiger partial charge on any atom is -0.497 e. The van der Waals surface area contributed by atoms with E-state index in [0.29, 0.717) is 26.4 Å². The highest BCUT2D eigenvalue weighted by atomic mass is 16.6. The first-order chi connectivity index (χ1) is 20.6. The number of benzene rings is 4. The predicted octanol–water partition coefficient (Wildman–Crippen LogP) is 5.72. The lowest BCUT2D eigenvalue weighted by Crippen LogP contribution is -2.39. The molecule has 0 heterocycles. The van der Waals surface area contributed by atoms with Gasteiger partial charge < -0.3 is 33.5 Å². The second-order valence-corrected chi connectivity index (χ2v) is 10.3. The minimum absolute atomic E-state index is 0.306. The maximum atomic E-state index is 11.6. The van der Waals surface area contributed by atoms with E-state index in [-0.39, 0.29) is 0 Å². The van der Waals surface area contributed by atoms with E-state index in [2.05, 4.69) is 0 Å². The van der Waals surface area contributed by atoms with Crippen LogP contribution in [-0.4, -0.2) is 49.8 Å². The predicted molar refractivity (Wildman–Crippen MR) is 159 cm³/mol. The van der Waals surface area contributed by atoms with Gasteiger partial charge in [-0.05, 0) is 46.5 Å². The van der Waals surface area contributed by atoms with Crippen LogP contribution in [0.2, 0.25) is 0 Å². The molecular formula is C35H38O7. The molecule has 4 aromatic rings. The summed E-state index contributed by atoms with van der Waals surface area (Å²) < 4.78 is 36.3. The van der Waals surface area contributed by atoms with E-state index < -0.39 is 30.5 Å². The van der Waals surface area contributed by atoms with E-state index in [4.69, 9.17) is 28.4 Å². The van der Waals surface area contributed by atoms with Gasteiger partial charge in [-0.1, -0.05) is 84.9 Å². The zero-order valence-corrected chi connectivity index (χ0v) is 24.0. The standard InChI is InChI=1S/C35H38O7/c1-37-29-17-13-27(14-18-29)23-41-34-32(39-21-25-9-5-3-6-10-25)31(36)33(40-22-26-11-7-4-8-12-26)35(34)42-24-28-15-19-30(38-2)20-16-28/h3-20,31-36H,21-24H2,1-2H3/t32-,33-,34+,35+/m0/s1. The van der Waals surface area contributed by atoms with Gasteiger partial charge in [0.1, 0.15) is 42.0 Å². The molecule has 1 N–H and O–H groups in total. The van der Waals surface area contributed by atoms with Gasteiger partial charge in [0, 0.05) is 0 Å². The maximum absolute atomic E-state index is 11.6. The van der Waals surface area contributed by atoms with E-state index in [0.717, 1.165) is 33.8 Å². The first-order valence-electron chi connectivity index (χ1n) is 14.1. The number of rotatable bonds is 14. The second-order valence-electron chi connectivity index (χ2n) is 10.3. The average molecular weight is 571 g/mol. The van der Waals surface area contributed by atoms with Crippen LogP contribution in [0, 0.1) is 0 Å². The van der Waals surface area contributed by atoms with Crippen molar-refractivity contribution in [2.45, 2.75) is 56.9 Å². The summed E-state index contributed by atoms with van der Waals surface area (Å²) in [6.45, 7) is 1.25. The van der Waals surface area contributed by atoms with Gasteiger partial charge in [0.25, 0.3) is 0 Å². The van der Waals surface area contributed by atoms with Crippen LogP contribution in [0.5, 0.6) is 11.5 Å². The summed E-state index contributed by atoms with van der Waals surface area (Å²) in [4.78, 5) is 0. The fourth-order valence-corrected chi connectivity index (χ4v) is 5.08. The fourth-order valence-electron chi connectivity index (χ4n) is 5.08. The van der Waals surface area contributed by atoms with E-state index in [1.54, 1.807) is 14.2 Å². The number of aliphatic hydroxyl groups is 1. The van der Waals surface area contributed by atoms with Crippen LogP contribution in [0.3, 0.4) is 0 Å². The molecule has 1 aliphatic rings. The second kappa shape index (κ2) is 15.0. The van der Waals surface area contributed by atoms with Crippen LogP contribution in [0.4, 0.5) is 0 Å². The zero-order chi connectivity index (χ0) is 29.1. The summed E-state index contributed by atoms with van der Waals surface area (Å²) in [5, 5.41) is 11.6. The molecule has 0 saturated heterocycles. The van der Waals surface area contributed by atoms with Gasteiger partial charge in [0.2, 0.25) is 0 Å². The van der Waals surface area contributed by atoms with Crippen LogP contribution >= 0.6 is 0 Å². The summed E-state index contributed by atoms with van der Waals surface area (Å²) in [6.07, 6.45) is -3.51. The van der Waals surface area contributed by atoms with E-state index in [1.807, 2.05) is 109 Å². The Balaban J connectivity index is 1.38. The van der Waals surface area contributed by atoms with Crippen molar-refractivity contribution >= 4 is 0 Å². The molecule has 0 aliphatic heterocycles. The third-order valence-electron chi connectivity index (χ3n) is 7.42. The van der Waals surface area contributed by atoms with Gasteiger partial charge in [-0.2, -0.15) is 0 Å². The number of aliphatic hydroxyl groups excluding tert-OH is 1. The number of methoxy groups -OCH3 is 2. The molecule has 7 nitrogen and oxygen atoms in total. The molecule has 0 aromatic heterocycles. The van der Waals surface area contributed by atoms with Crippen LogP contribution in [0.1, 0.15) is 22.3 Å². The van der Waals surface area contributed by atoms with Gasteiger partial charge in [0.15, 0.2) is 0 Å². The Morgan fingerprint density at radius 3 is 1.07 bits per heavy atom. The first-order valence-corrected chi connectivity index (χ1v) is 14.1. The van der Waals surface area contributed by atoms with Gasteiger partial charge in [-0.3, -0.25) is 0 Å². The summed E-state index contributed by atoms with van der Waals surface area (Å²) in [6, 6.07) is 35.2. The fraction of sp³-hybridized carbons (Fsp3) is 0.314. The molecule has 4 atom stereocenters. The van der Waals surface area contributed by atoms with E-state index >= 15 is 0 Å². The van der Waals surface area contributed by atoms with E-state index in [1.165, 1.54) is 0 Å². The van der Waals surface area contributed by atoms with Crippen LogP contribution in [0.15, 0.2) is 109 Å². The largest absolute Gasteiger partial charge is 0.497 e. The van der Waals surface area contributed by atoms with Gasteiger partial charge in [-0.15, -0.1) is 0 Å². The highest BCUT2D eigenvalue weighted by Gasteiger charge is 2.53. The summed E-state index contributed by atoms with van der Waals surface area (Å²) in [5.74, 6) is 1.54. The minimum atomic E-state index is -0.973. The van der Waals surface area contributed by atoms with Crippen LogP contribution < -0.4 is 9.47 Å². The molecule has 42 heavy (non-hydrogen) atoms. The molecule has 5 rings (SSSR count). The van der Waals surface area contributed by atoms with E-state index in [9.17, 15) is 5.11 Å². The van der Waals surface area contributed by atoms with Gasteiger partial charge in [-0.25, -0.2) is 0 Å². The number of ether oxygens (including phenoxy) is 6. The van der Waals surface area contributed by atoms with Crippen molar-refractivity contribution in [1.29, 1.82) is 0 Å². The van der Waals surface area contributed by atoms with Crippen LogP contribution in [0.25, 0.3) is 0 Å². The Morgan fingerprint density at radius 2 is 0.738 bits per heavy atom. The Hall–Kier alpha value is -3.72. The van der Waals surface area contributed by atoms with Crippen molar-refractivity contribution < 1.29 is 33.5 Å². The number of hydrogen-bond acceptors (Lipinski definition) is 7. The first kappa shape index (κ1) is 29.8. The highest BCUT2D eigenvalue weighted by molar-refractivity contribution is 5.28.